The first-order chi connectivity index (χ1) is 13.6. The van der Waals surface area contributed by atoms with Gasteiger partial charge in [0.2, 0.25) is 0 Å². The monoisotopic (exact) mass is 379 g/mol. The SMILES string of the molecule is CC[C@H](Cn1ncc2ccccc2c1=O)NC(=O)c1n[nH]c2c1CC(C)CC2. The van der Waals surface area contributed by atoms with E-state index in [4.69, 9.17) is 0 Å². The molecule has 7 heteroatoms. The zero-order valence-electron chi connectivity index (χ0n) is 16.2. The maximum Gasteiger partial charge on any atom is 0.274 e. The van der Waals surface area contributed by atoms with Gasteiger partial charge < -0.3 is 5.32 Å². The Balaban J connectivity index is 1.53. The van der Waals surface area contributed by atoms with Crippen molar-refractivity contribution in [2.75, 3.05) is 0 Å². The Morgan fingerprint density at radius 2 is 2.21 bits per heavy atom. The van der Waals surface area contributed by atoms with E-state index in [1.54, 1.807) is 12.3 Å². The minimum atomic E-state index is -0.202. The molecule has 0 saturated carbocycles. The summed E-state index contributed by atoms with van der Waals surface area (Å²) in [6, 6.07) is 7.19. The van der Waals surface area contributed by atoms with E-state index < -0.39 is 0 Å². The lowest BCUT2D eigenvalue weighted by Gasteiger charge is -2.20. The molecule has 0 saturated heterocycles. The number of nitrogens with zero attached hydrogens (tertiary/aromatic N) is 3. The molecule has 1 aromatic carbocycles. The van der Waals surface area contributed by atoms with Crippen LogP contribution in [0.4, 0.5) is 0 Å². The number of carbonyl (C=O) groups is 1. The second-order valence-electron chi connectivity index (χ2n) is 7.68. The lowest BCUT2D eigenvalue weighted by molar-refractivity contribution is 0.0924. The van der Waals surface area contributed by atoms with Crippen molar-refractivity contribution in [2.24, 2.45) is 5.92 Å². The number of aryl methyl sites for hydroxylation is 1. The Kier molecular flexibility index (Phi) is 4.98. The molecule has 1 amide bonds. The predicted molar refractivity (Wildman–Crippen MR) is 107 cm³/mol. The van der Waals surface area contributed by atoms with Crippen LogP contribution in [0, 0.1) is 5.92 Å². The van der Waals surface area contributed by atoms with Crippen molar-refractivity contribution in [3.63, 3.8) is 0 Å². The van der Waals surface area contributed by atoms with Gasteiger partial charge in [-0.05, 0) is 37.7 Å². The highest BCUT2D eigenvalue weighted by Crippen LogP contribution is 2.26. The van der Waals surface area contributed by atoms with E-state index >= 15 is 0 Å². The van der Waals surface area contributed by atoms with Crippen molar-refractivity contribution in [3.05, 3.63) is 57.8 Å². The highest BCUT2D eigenvalue weighted by atomic mass is 16.2. The molecule has 1 unspecified atom stereocenters. The third-order valence-corrected chi connectivity index (χ3v) is 5.59. The van der Waals surface area contributed by atoms with Crippen molar-refractivity contribution in [3.8, 4) is 0 Å². The highest BCUT2D eigenvalue weighted by Gasteiger charge is 2.26. The fourth-order valence-corrected chi connectivity index (χ4v) is 3.85. The molecular weight excluding hydrogens is 354 g/mol. The predicted octanol–water partition coefficient (Wildman–Crippen LogP) is 2.45. The molecule has 0 radical (unpaired) electrons. The van der Waals surface area contributed by atoms with Crippen molar-refractivity contribution in [2.45, 2.75) is 52.1 Å². The summed E-state index contributed by atoms with van der Waals surface area (Å²) in [5.74, 6) is 0.367. The van der Waals surface area contributed by atoms with E-state index in [1.807, 2.05) is 25.1 Å². The fraction of sp³-hybridized carbons (Fsp3) is 0.429. The van der Waals surface area contributed by atoms with Crippen LogP contribution in [0.3, 0.4) is 0 Å². The Labute approximate surface area is 163 Å². The van der Waals surface area contributed by atoms with Gasteiger partial charge in [0.15, 0.2) is 5.69 Å². The fourth-order valence-electron chi connectivity index (χ4n) is 3.85. The number of hydrogen-bond acceptors (Lipinski definition) is 4. The normalized spacial score (nSPS) is 17.3. The van der Waals surface area contributed by atoms with E-state index in [0.717, 1.165) is 35.9 Å². The van der Waals surface area contributed by atoms with E-state index in [9.17, 15) is 9.59 Å². The summed E-state index contributed by atoms with van der Waals surface area (Å²) in [5, 5.41) is 16.0. The molecule has 2 N–H and O–H groups in total. The first-order valence-corrected chi connectivity index (χ1v) is 9.88. The van der Waals surface area contributed by atoms with Crippen LogP contribution < -0.4 is 10.9 Å². The number of nitrogens with one attached hydrogen (secondary N) is 2. The Morgan fingerprint density at radius 1 is 1.39 bits per heavy atom. The molecule has 2 heterocycles. The van der Waals surface area contributed by atoms with Gasteiger partial charge in [0, 0.05) is 22.7 Å². The van der Waals surface area contributed by atoms with Crippen molar-refractivity contribution in [1.82, 2.24) is 25.3 Å². The van der Waals surface area contributed by atoms with Crippen LogP contribution in [0.5, 0.6) is 0 Å². The van der Waals surface area contributed by atoms with Gasteiger partial charge in [-0.15, -0.1) is 0 Å². The molecule has 4 rings (SSSR count). The zero-order chi connectivity index (χ0) is 19.7. The molecular formula is C21H25N5O2. The first kappa shape index (κ1) is 18.4. The molecule has 146 valence electrons. The van der Waals surface area contributed by atoms with E-state index in [0.29, 0.717) is 30.0 Å². The number of amides is 1. The number of benzene rings is 1. The molecule has 2 atom stereocenters. The topological polar surface area (TPSA) is 92.7 Å². The van der Waals surface area contributed by atoms with Crippen LogP contribution in [-0.4, -0.2) is 31.9 Å². The van der Waals surface area contributed by atoms with Gasteiger partial charge in [-0.2, -0.15) is 10.2 Å². The number of aromatic nitrogens is 4. The van der Waals surface area contributed by atoms with Crippen molar-refractivity contribution < 1.29 is 4.79 Å². The van der Waals surface area contributed by atoms with E-state index in [1.165, 1.54) is 4.68 Å². The molecule has 2 aromatic heterocycles. The average molecular weight is 379 g/mol. The lowest BCUT2D eigenvalue weighted by atomic mass is 9.87. The number of carbonyl (C=O) groups excluding carboxylic acids is 1. The molecule has 0 fully saturated rings. The molecule has 1 aliphatic rings. The van der Waals surface area contributed by atoms with Gasteiger partial charge in [-0.1, -0.05) is 32.0 Å². The number of aromatic amines is 1. The lowest BCUT2D eigenvalue weighted by Crippen LogP contribution is -2.41. The summed E-state index contributed by atoms with van der Waals surface area (Å²) >= 11 is 0. The van der Waals surface area contributed by atoms with Crippen LogP contribution >= 0.6 is 0 Å². The summed E-state index contributed by atoms with van der Waals surface area (Å²) in [4.78, 5) is 25.5. The molecule has 28 heavy (non-hydrogen) atoms. The Morgan fingerprint density at radius 3 is 3.04 bits per heavy atom. The molecule has 3 aromatic rings. The third kappa shape index (κ3) is 3.44. The van der Waals surface area contributed by atoms with Gasteiger partial charge >= 0.3 is 0 Å². The van der Waals surface area contributed by atoms with Gasteiger partial charge in [0.05, 0.1) is 18.1 Å². The van der Waals surface area contributed by atoms with E-state index in [-0.39, 0.29) is 17.5 Å². The molecule has 0 aliphatic heterocycles. The standard InChI is InChI=1S/C21H25N5O2/c1-3-15(12-26-21(28)16-7-5-4-6-14(16)11-22-26)23-20(27)19-17-10-13(2)8-9-18(17)24-25-19/h4-7,11,13,15H,3,8-10,12H2,1-2H3,(H,23,27)(H,24,25)/t13?,15-/m1/s1. The minimum Gasteiger partial charge on any atom is -0.346 e. The second-order valence-corrected chi connectivity index (χ2v) is 7.68. The number of rotatable bonds is 5. The molecule has 0 bridgehead atoms. The highest BCUT2D eigenvalue weighted by molar-refractivity contribution is 5.94. The summed E-state index contributed by atoms with van der Waals surface area (Å²) in [6.07, 6.45) is 5.30. The van der Waals surface area contributed by atoms with Gasteiger partial charge in [0.1, 0.15) is 0 Å². The number of hydrogen-bond donors (Lipinski definition) is 2. The van der Waals surface area contributed by atoms with Crippen molar-refractivity contribution in [1.29, 1.82) is 0 Å². The summed E-state index contributed by atoms with van der Waals surface area (Å²) in [6.45, 7) is 4.51. The minimum absolute atomic E-state index is 0.142. The Bertz CT molecular complexity index is 1070. The van der Waals surface area contributed by atoms with Crippen molar-refractivity contribution >= 4 is 16.7 Å². The smallest absolute Gasteiger partial charge is 0.274 e. The van der Waals surface area contributed by atoms with Crippen LogP contribution in [0.15, 0.2) is 35.3 Å². The quantitative estimate of drug-likeness (QED) is 0.712. The summed E-state index contributed by atoms with van der Waals surface area (Å²) in [7, 11) is 0. The maximum absolute atomic E-state index is 12.8. The zero-order valence-corrected chi connectivity index (χ0v) is 16.2. The van der Waals surface area contributed by atoms with Crippen LogP contribution in [0.25, 0.3) is 10.8 Å². The van der Waals surface area contributed by atoms with Crippen LogP contribution in [0.1, 0.15) is 48.4 Å². The molecule has 0 spiro atoms. The van der Waals surface area contributed by atoms with Gasteiger partial charge in [0.25, 0.3) is 11.5 Å². The van der Waals surface area contributed by atoms with Gasteiger partial charge in [-0.25, -0.2) is 4.68 Å². The van der Waals surface area contributed by atoms with Crippen LogP contribution in [-0.2, 0) is 19.4 Å². The number of fused-ring (bicyclic) bond motifs is 2. The summed E-state index contributed by atoms with van der Waals surface area (Å²) in [5.41, 5.74) is 2.45. The molecule has 7 nitrogen and oxygen atoms in total. The second kappa shape index (κ2) is 7.58. The first-order valence-electron chi connectivity index (χ1n) is 9.88. The molecule has 1 aliphatic carbocycles. The number of H-pyrrole nitrogens is 1. The van der Waals surface area contributed by atoms with Crippen LogP contribution in [0.2, 0.25) is 0 Å². The maximum atomic E-state index is 12.8. The Hall–Kier alpha value is -2.96. The summed E-state index contributed by atoms with van der Waals surface area (Å²) < 4.78 is 1.43. The average Bonchev–Trinajstić information content (AvgIpc) is 3.12. The third-order valence-electron chi connectivity index (χ3n) is 5.59. The largest absolute Gasteiger partial charge is 0.346 e. The van der Waals surface area contributed by atoms with E-state index in [2.05, 4.69) is 27.5 Å². The van der Waals surface area contributed by atoms with Gasteiger partial charge in [-0.3, -0.25) is 14.7 Å².